The maximum Gasteiger partial charge on any atom is 0.243 e. The van der Waals surface area contributed by atoms with E-state index in [2.05, 4.69) is 17.4 Å². The lowest BCUT2D eigenvalue weighted by atomic mass is 9.97. The summed E-state index contributed by atoms with van der Waals surface area (Å²) in [6.45, 7) is 0.636. The number of thioether (sulfide) groups is 1. The van der Waals surface area contributed by atoms with Gasteiger partial charge < -0.3 is 5.32 Å². The zero-order valence-corrected chi connectivity index (χ0v) is 18.3. The van der Waals surface area contributed by atoms with Crippen LogP contribution in [0.4, 0.5) is 0 Å². The van der Waals surface area contributed by atoms with Gasteiger partial charge in [-0.05, 0) is 55.2 Å². The molecule has 0 radical (unpaired) electrons. The quantitative estimate of drug-likeness (QED) is 0.761. The summed E-state index contributed by atoms with van der Waals surface area (Å²) in [7, 11) is -3.64. The van der Waals surface area contributed by atoms with Crippen LogP contribution in [-0.4, -0.2) is 37.5 Å². The van der Waals surface area contributed by atoms with Gasteiger partial charge in [0.25, 0.3) is 0 Å². The monoisotopic (exact) mass is 450 g/mol. The molecule has 2 atom stereocenters. The largest absolute Gasteiger partial charge is 0.349 e. The second kappa shape index (κ2) is 8.68. The van der Waals surface area contributed by atoms with Crippen LogP contribution in [0.2, 0.25) is 5.02 Å². The van der Waals surface area contributed by atoms with E-state index in [0.29, 0.717) is 24.4 Å². The van der Waals surface area contributed by atoms with Crippen molar-refractivity contribution in [2.45, 2.75) is 35.1 Å². The third-order valence-electron chi connectivity index (χ3n) is 5.48. The van der Waals surface area contributed by atoms with Gasteiger partial charge in [-0.15, -0.1) is 11.8 Å². The van der Waals surface area contributed by atoms with Gasteiger partial charge in [0.2, 0.25) is 15.9 Å². The van der Waals surface area contributed by atoms with Crippen molar-refractivity contribution >= 4 is 39.3 Å². The number of hydrogen-bond donors (Lipinski definition) is 1. The summed E-state index contributed by atoms with van der Waals surface area (Å²) in [5.41, 5.74) is 1.15. The summed E-state index contributed by atoms with van der Waals surface area (Å²) >= 11 is 7.69. The van der Waals surface area contributed by atoms with Gasteiger partial charge in [0, 0.05) is 28.8 Å². The number of sulfonamides is 1. The van der Waals surface area contributed by atoms with E-state index >= 15 is 0 Å². The second-order valence-corrected chi connectivity index (χ2v) is 10.9. The van der Waals surface area contributed by atoms with Crippen molar-refractivity contribution in [2.24, 2.45) is 5.92 Å². The summed E-state index contributed by atoms with van der Waals surface area (Å²) in [5.74, 6) is 0.559. The van der Waals surface area contributed by atoms with E-state index in [1.54, 1.807) is 12.1 Å². The number of nitrogens with one attached hydrogen (secondary N) is 1. The van der Waals surface area contributed by atoms with Crippen molar-refractivity contribution < 1.29 is 13.2 Å². The molecule has 2 aromatic carbocycles. The van der Waals surface area contributed by atoms with E-state index in [1.165, 1.54) is 21.3 Å². The van der Waals surface area contributed by atoms with E-state index in [4.69, 9.17) is 11.6 Å². The fraction of sp³-hybridized carbons (Fsp3) is 0.381. The van der Waals surface area contributed by atoms with Crippen molar-refractivity contribution in [1.29, 1.82) is 0 Å². The third-order valence-corrected chi connectivity index (χ3v) is 8.74. The molecule has 0 bridgehead atoms. The van der Waals surface area contributed by atoms with Crippen LogP contribution in [0.3, 0.4) is 0 Å². The smallest absolute Gasteiger partial charge is 0.243 e. The van der Waals surface area contributed by atoms with Crippen LogP contribution in [0.1, 0.15) is 30.9 Å². The first-order valence-electron chi connectivity index (χ1n) is 9.73. The number of benzene rings is 2. The Bertz CT molecular complexity index is 995. The Morgan fingerprint density at radius 2 is 1.86 bits per heavy atom. The van der Waals surface area contributed by atoms with Crippen molar-refractivity contribution in [3.8, 4) is 0 Å². The Kier molecular flexibility index (Phi) is 6.20. The number of halogens is 1. The SMILES string of the molecule is O=C(N[C@@H]1CCSc2ccccc21)[C@@H]1CCCN(S(=O)(=O)c2ccc(Cl)cc2)C1. The van der Waals surface area contributed by atoms with E-state index in [0.717, 1.165) is 17.7 Å². The maximum atomic E-state index is 13.0. The fourth-order valence-electron chi connectivity index (χ4n) is 3.91. The maximum absolute atomic E-state index is 13.0. The zero-order valence-electron chi connectivity index (χ0n) is 15.9. The standard InChI is InChI=1S/C21H23ClN2O3S2/c22-16-7-9-17(10-8-16)29(26,27)24-12-3-4-15(14-24)21(25)23-19-11-13-28-20-6-2-1-5-18(19)20/h1-2,5-10,15,19H,3-4,11-14H2,(H,23,25)/t15-,19-/m1/s1. The molecule has 1 fully saturated rings. The molecule has 154 valence electrons. The number of rotatable bonds is 4. The minimum atomic E-state index is -3.64. The van der Waals surface area contributed by atoms with Crippen LogP contribution in [0.5, 0.6) is 0 Å². The van der Waals surface area contributed by atoms with Crippen LogP contribution in [0.25, 0.3) is 0 Å². The van der Waals surface area contributed by atoms with Crippen molar-refractivity contribution in [2.75, 3.05) is 18.8 Å². The molecule has 29 heavy (non-hydrogen) atoms. The van der Waals surface area contributed by atoms with Gasteiger partial charge >= 0.3 is 0 Å². The highest BCUT2D eigenvalue weighted by atomic mass is 35.5. The molecular formula is C21H23ClN2O3S2. The summed E-state index contributed by atoms with van der Waals surface area (Å²) < 4.78 is 27.4. The minimum absolute atomic E-state index is 0.0109. The molecule has 0 spiro atoms. The Hall–Kier alpha value is -1.54. The predicted octanol–water partition coefficient (Wildman–Crippen LogP) is 4.09. The van der Waals surface area contributed by atoms with Crippen LogP contribution >= 0.6 is 23.4 Å². The van der Waals surface area contributed by atoms with Gasteiger partial charge in [-0.3, -0.25) is 4.79 Å². The molecule has 1 saturated heterocycles. The minimum Gasteiger partial charge on any atom is -0.349 e. The van der Waals surface area contributed by atoms with Gasteiger partial charge in [-0.1, -0.05) is 29.8 Å². The second-order valence-electron chi connectivity index (χ2n) is 7.39. The lowest BCUT2D eigenvalue weighted by Gasteiger charge is -2.33. The van der Waals surface area contributed by atoms with Gasteiger partial charge in [0.15, 0.2) is 0 Å². The fourth-order valence-corrected chi connectivity index (χ4v) is 6.69. The number of piperidine rings is 1. The summed E-state index contributed by atoms with van der Waals surface area (Å²) in [5, 5.41) is 3.66. The molecule has 0 saturated carbocycles. The highest BCUT2D eigenvalue weighted by Gasteiger charge is 2.34. The van der Waals surface area contributed by atoms with Gasteiger partial charge in [-0.2, -0.15) is 4.31 Å². The number of carbonyl (C=O) groups is 1. The summed E-state index contributed by atoms with van der Waals surface area (Å²) in [6.07, 6.45) is 2.25. The highest BCUT2D eigenvalue weighted by molar-refractivity contribution is 7.99. The predicted molar refractivity (Wildman–Crippen MR) is 116 cm³/mol. The summed E-state index contributed by atoms with van der Waals surface area (Å²) in [4.78, 5) is 14.4. The Morgan fingerprint density at radius 3 is 2.66 bits per heavy atom. The van der Waals surface area contributed by atoms with Crippen LogP contribution in [-0.2, 0) is 14.8 Å². The molecular weight excluding hydrogens is 428 g/mol. The lowest BCUT2D eigenvalue weighted by Crippen LogP contribution is -2.46. The molecule has 2 heterocycles. The molecule has 0 unspecified atom stereocenters. The molecule has 8 heteroatoms. The van der Waals surface area contributed by atoms with Crippen LogP contribution < -0.4 is 5.32 Å². The summed E-state index contributed by atoms with van der Waals surface area (Å²) in [6, 6.07) is 14.3. The first-order valence-corrected chi connectivity index (χ1v) is 12.5. The van der Waals surface area contributed by atoms with Crippen LogP contribution in [0.15, 0.2) is 58.3 Å². The normalized spacial score (nSPS) is 22.7. The Morgan fingerprint density at radius 1 is 1.10 bits per heavy atom. The molecule has 1 amide bonds. The zero-order chi connectivity index (χ0) is 20.4. The third kappa shape index (κ3) is 4.48. The number of amides is 1. The van der Waals surface area contributed by atoms with Crippen molar-refractivity contribution in [1.82, 2.24) is 9.62 Å². The molecule has 2 aliphatic rings. The number of hydrogen-bond acceptors (Lipinski definition) is 4. The molecule has 4 rings (SSSR count). The molecule has 2 aromatic rings. The topological polar surface area (TPSA) is 66.5 Å². The number of fused-ring (bicyclic) bond motifs is 1. The molecule has 2 aliphatic heterocycles. The Labute approximate surface area is 180 Å². The molecule has 0 aliphatic carbocycles. The van der Waals surface area contributed by atoms with E-state index in [1.807, 2.05) is 23.9 Å². The average molecular weight is 451 g/mol. The lowest BCUT2D eigenvalue weighted by molar-refractivity contribution is -0.126. The van der Waals surface area contributed by atoms with E-state index < -0.39 is 10.0 Å². The van der Waals surface area contributed by atoms with Gasteiger partial charge in [0.05, 0.1) is 16.9 Å². The van der Waals surface area contributed by atoms with E-state index in [9.17, 15) is 13.2 Å². The van der Waals surface area contributed by atoms with Crippen LogP contribution in [0, 0.1) is 5.92 Å². The number of carbonyl (C=O) groups excluding carboxylic acids is 1. The molecule has 1 N–H and O–H groups in total. The average Bonchev–Trinajstić information content (AvgIpc) is 2.74. The number of nitrogens with zero attached hydrogens (tertiary/aromatic N) is 1. The van der Waals surface area contributed by atoms with Gasteiger partial charge in [0.1, 0.15) is 0 Å². The van der Waals surface area contributed by atoms with Gasteiger partial charge in [-0.25, -0.2) is 8.42 Å². The first-order chi connectivity index (χ1) is 13.9. The van der Waals surface area contributed by atoms with Crippen molar-refractivity contribution in [3.05, 3.63) is 59.1 Å². The van der Waals surface area contributed by atoms with Crippen molar-refractivity contribution in [3.63, 3.8) is 0 Å². The van der Waals surface area contributed by atoms with E-state index in [-0.39, 0.29) is 29.3 Å². The first kappa shape index (κ1) is 20.7. The Balaban J connectivity index is 1.46. The molecule has 0 aromatic heterocycles. The molecule has 5 nitrogen and oxygen atoms in total. The highest BCUT2D eigenvalue weighted by Crippen LogP contribution is 2.36.